The van der Waals surface area contributed by atoms with Gasteiger partial charge in [0.2, 0.25) is 5.91 Å². The summed E-state index contributed by atoms with van der Waals surface area (Å²) >= 11 is 6.31. The molecule has 0 radical (unpaired) electrons. The molecule has 2 heterocycles. The van der Waals surface area contributed by atoms with E-state index in [0.29, 0.717) is 24.5 Å². The van der Waals surface area contributed by atoms with Gasteiger partial charge in [0.15, 0.2) is 0 Å². The highest BCUT2D eigenvalue weighted by Gasteiger charge is 2.19. The van der Waals surface area contributed by atoms with Crippen molar-refractivity contribution in [1.29, 1.82) is 0 Å². The molecule has 7 heteroatoms. The van der Waals surface area contributed by atoms with E-state index in [1.165, 1.54) is 0 Å². The maximum Gasteiger partial charge on any atom is 0.222 e. The number of nitrogens with one attached hydrogen (secondary N) is 1. The molecular weight excluding hydrogens is 398 g/mol. The van der Waals surface area contributed by atoms with Gasteiger partial charge in [0, 0.05) is 36.6 Å². The predicted molar refractivity (Wildman–Crippen MR) is 118 cm³/mol. The molecule has 0 spiro atoms. The van der Waals surface area contributed by atoms with Crippen molar-refractivity contribution in [2.24, 2.45) is 0 Å². The standard InChI is InChI=1S/C23H26ClN5O/c24-20-11-5-4-10-19(20)17-29-26-21(23(27-29)18-8-2-1-3-9-18)16-25-13-7-15-28-14-6-12-22(28)30/h1-5,8-11,25H,6-7,12-17H2. The number of nitrogens with zero attached hydrogens (tertiary/aromatic N) is 4. The number of halogens is 1. The van der Waals surface area contributed by atoms with E-state index in [1.807, 2.05) is 59.5 Å². The summed E-state index contributed by atoms with van der Waals surface area (Å²) in [5.74, 6) is 0.281. The van der Waals surface area contributed by atoms with Crippen LogP contribution in [0.2, 0.25) is 5.02 Å². The molecule has 0 unspecified atom stereocenters. The summed E-state index contributed by atoms with van der Waals surface area (Å²) < 4.78 is 0. The molecule has 0 bridgehead atoms. The highest BCUT2D eigenvalue weighted by atomic mass is 35.5. The van der Waals surface area contributed by atoms with Crippen molar-refractivity contribution in [3.8, 4) is 11.3 Å². The van der Waals surface area contributed by atoms with Crippen molar-refractivity contribution in [1.82, 2.24) is 25.2 Å². The van der Waals surface area contributed by atoms with Gasteiger partial charge in [-0.2, -0.15) is 15.0 Å². The number of carbonyl (C=O) groups is 1. The predicted octanol–water partition coefficient (Wildman–Crippen LogP) is 3.75. The van der Waals surface area contributed by atoms with Gasteiger partial charge in [-0.1, -0.05) is 60.1 Å². The maximum absolute atomic E-state index is 11.7. The Morgan fingerprint density at radius 2 is 1.83 bits per heavy atom. The van der Waals surface area contributed by atoms with E-state index < -0.39 is 0 Å². The van der Waals surface area contributed by atoms with Crippen molar-refractivity contribution < 1.29 is 4.79 Å². The van der Waals surface area contributed by atoms with Crippen LogP contribution in [0.4, 0.5) is 0 Å². The molecule has 1 aliphatic rings. The minimum atomic E-state index is 0.281. The molecule has 0 atom stereocenters. The largest absolute Gasteiger partial charge is 0.343 e. The first-order chi connectivity index (χ1) is 14.7. The molecule has 1 saturated heterocycles. The summed E-state index contributed by atoms with van der Waals surface area (Å²) in [6.45, 7) is 3.69. The minimum absolute atomic E-state index is 0.281. The van der Waals surface area contributed by atoms with Crippen LogP contribution < -0.4 is 5.32 Å². The van der Waals surface area contributed by atoms with Crippen LogP contribution in [0.1, 0.15) is 30.5 Å². The molecule has 0 saturated carbocycles. The van der Waals surface area contributed by atoms with Gasteiger partial charge in [-0.15, -0.1) is 0 Å². The second-order valence-corrected chi connectivity index (χ2v) is 7.91. The first kappa shape index (κ1) is 20.6. The van der Waals surface area contributed by atoms with Crippen LogP contribution in [-0.4, -0.2) is 45.4 Å². The van der Waals surface area contributed by atoms with Gasteiger partial charge in [0.1, 0.15) is 11.4 Å². The Morgan fingerprint density at radius 1 is 1.03 bits per heavy atom. The lowest BCUT2D eigenvalue weighted by Gasteiger charge is -2.15. The van der Waals surface area contributed by atoms with E-state index in [-0.39, 0.29) is 5.91 Å². The van der Waals surface area contributed by atoms with Crippen LogP contribution in [-0.2, 0) is 17.9 Å². The van der Waals surface area contributed by atoms with Gasteiger partial charge in [-0.25, -0.2) is 0 Å². The van der Waals surface area contributed by atoms with Crippen LogP contribution in [0.5, 0.6) is 0 Å². The van der Waals surface area contributed by atoms with Crippen molar-refractivity contribution in [3.63, 3.8) is 0 Å². The molecule has 1 fully saturated rings. The van der Waals surface area contributed by atoms with Crippen molar-refractivity contribution in [2.45, 2.75) is 32.4 Å². The highest BCUT2D eigenvalue weighted by molar-refractivity contribution is 6.31. The SMILES string of the molecule is O=C1CCCN1CCCNCc1nn(Cc2ccccc2Cl)nc1-c1ccccc1. The summed E-state index contributed by atoms with van der Waals surface area (Å²) in [4.78, 5) is 15.4. The fraction of sp³-hybridized carbons (Fsp3) is 0.348. The van der Waals surface area contributed by atoms with E-state index in [2.05, 4.69) is 5.32 Å². The fourth-order valence-corrected chi connectivity index (χ4v) is 3.91. The average molecular weight is 424 g/mol. The molecule has 1 aliphatic heterocycles. The second kappa shape index (κ2) is 9.87. The Balaban J connectivity index is 1.42. The van der Waals surface area contributed by atoms with E-state index in [9.17, 15) is 4.79 Å². The molecule has 1 N–H and O–H groups in total. The van der Waals surface area contributed by atoms with Crippen molar-refractivity contribution >= 4 is 17.5 Å². The summed E-state index contributed by atoms with van der Waals surface area (Å²) in [6, 6.07) is 17.9. The molecular formula is C23H26ClN5O. The number of amides is 1. The molecule has 1 aromatic heterocycles. The fourth-order valence-electron chi connectivity index (χ4n) is 3.71. The molecule has 6 nitrogen and oxygen atoms in total. The van der Waals surface area contributed by atoms with Crippen LogP contribution in [0.3, 0.4) is 0 Å². The number of benzene rings is 2. The Kier molecular flexibility index (Phi) is 6.77. The minimum Gasteiger partial charge on any atom is -0.343 e. The molecule has 30 heavy (non-hydrogen) atoms. The van der Waals surface area contributed by atoms with E-state index >= 15 is 0 Å². The van der Waals surface area contributed by atoms with Crippen LogP contribution in [0.15, 0.2) is 54.6 Å². The van der Waals surface area contributed by atoms with Gasteiger partial charge in [-0.05, 0) is 31.0 Å². The zero-order chi connectivity index (χ0) is 20.8. The van der Waals surface area contributed by atoms with Gasteiger partial charge >= 0.3 is 0 Å². The smallest absolute Gasteiger partial charge is 0.222 e. The van der Waals surface area contributed by atoms with Crippen LogP contribution >= 0.6 is 11.6 Å². The first-order valence-corrected chi connectivity index (χ1v) is 10.8. The number of likely N-dealkylation sites (tertiary alicyclic amines) is 1. The Hall–Kier alpha value is -2.70. The topological polar surface area (TPSA) is 63.1 Å². The Bertz CT molecular complexity index is 988. The molecule has 3 aromatic rings. The van der Waals surface area contributed by atoms with Gasteiger partial charge in [-0.3, -0.25) is 4.79 Å². The van der Waals surface area contributed by atoms with Gasteiger partial charge < -0.3 is 10.2 Å². The first-order valence-electron chi connectivity index (χ1n) is 10.4. The lowest BCUT2D eigenvalue weighted by Crippen LogP contribution is -2.28. The summed E-state index contributed by atoms with van der Waals surface area (Å²) in [5.41, 5.74) is 3.82. The summed E-state index contributed by atoms with van der Waals surface area (Å²) in [6.07, 6.45) is 2.61. The van der Waals surface area contributed by atoms with E-state index in [4.69, 9.17) is 21.8 Å². The average Bonchev–Trinajstić information content (AvgIpc) is 3.36. The normalized spacial score (nSPS) is 13.9. The maximum atomic E-state index is 11.7. The number of hydrogen-bond donors (Lipinski definition) is 1. The third kappa shape index (κ3) is 5.07. The van der Waals surface area contributed by atoms with Gasteiger partial charge in [0.25, 0.3) is 0 Å². The van der Waals surface area contributed by atoms with Gasteiger partial charge in [0.05, 0.1) is 6.54 Å². The third-order valence-electron chi connectivity index (χ3n) is 5.29. The number of aromatic nitrogens is 3. The van der Waals surface area contributed by atoms with Crippen LogP contribution in [0.25, 0.3) is 11.3 Å². The lowest BCUT2D eigenvalue weighted by molar-refractivity contribution is -0.127. The monoisotopic (exact) mass is 423 g/mol. The number of hydrogen-bond acceptors (Lipinski definition) is 4. The lowest BCUT2D eigenvalue weighted by atomic mass is 10.1. The van der Waals surface area contributed by atoms with Crippen molar-refractivity contribution in [2.75, 3.05) is 19.6 Å². The zero-order valence-corrected chi connectivity index (χ0v) is 17.7. The molecule has 2 aromatic carbocycles. The highest BCUT2D eigenvalue weighted by Crippen LogP contribution is 2.21. The number of carbonyl (C=O) groups excluding carboxylic acids is 1. The molecule has 4 rings (SSSR count). The zero-order valence-electron chi connectivity index (χ0n) is 16.9. The Labute approximate surface area is 181 Å². The summed E-state index contributed by atoms with van der Waals surface area (Å²) in [5, 5.41) is 13.6. The Morgan fingerprint density at radius 3 is 2.60 bits per heavy atom. The van der Waals surface area contributed by atoms with Crippen LogP contribution in [0, 0.1) is 0 Å². The molecule has 1 amide bonds. The third-order valence-corrected chi connectivity index (χ3v) is 5.66. The quantitative estimate of drug-likeness (QED) is 0.532. The summed E-state index contributed by atoms with van der Waals surface area (Å²) in [7, 11) is 0. The van der Waals surface area contributed by atoms with Crippen molar-refractivity contribution in [3.05, 3.63) is 70.9 Å². The molecule has 156 valence electrons. The second-order valence-electron chi connectivity index (χ2n) is 7.50. The molecule has 0 aliphatic carbocycles. The number of rotatable bonds is 9. The van der Waals surface area contributed by atoms with E-state index in [0.717, 1.165) is 55.0 Å². The van der Waals surface area contributed by atoms with E-state index in [1.54, 1.807) is 4.80 Å².